The first-order valence-corrected chi connectivity index (χ1v) is 6.91. The molecule has 0 aliphatic carbocycles. The topological polar surface area (TPSA) is 47.4 Å². The summed E-state index contributed by atoms with van der Waals surface area (Å²) in [6.07, 6.45) is 4.91. The van der Waals surface area contributed by atoms with E-state index in [-0.39, 0.29) is 0 Å². The van der Waals surface area contributed by atoms with Crippen LogP contribution in [0.1, 0.15) is 11.1 Å². The maximum Gasteiger partial charge on any atom is 0.171 e. The highest BCUT2D eigenvalue weighted by molar-refractivity contribution is 6.13. The summed E-state index contributed by atoms with van der Waals surface area (Å²) in [5.41, 5.74) is 2.87. The van der Waals surface area contributed by atoms with Crippen molar-refractivity contribution in [2.24, 2.45) is 4.99 Å². The molecule has 0 aliphatic heterocycles. The van der Waals surface area contributed by atoms with E-state index in [0.29, 0.717) is 5.82 Å². The fourth-order valence-electron chi connectivity index (χ4n) is 2.10. The van der Waals surface area contributed by atoms with Gasteiger partial charge in [0.2, 0.25) is 0 Å². The zero-order valence-corrected chi connectivity index (χ0v) is 12.2. The van der Waals surface area contributed by atoms with Gasteiger partial charge in [-0.15, -0.1) is 0 Å². The fourth-order valence-corrected chi connectivity index (χ4v) is 2.10. The van der Waals surface area contributed by atoms with Crippen molar-refractivity contribution in [2.75, 3.05) is 7.11 Å². The van der Waals surface area contributed by atoms with Crippen molar-refractivity contribution in [3.63, 3.8) is 0 Å². The lowest BCUT2D eigenvalue weighted by Gasteiger charge is -2.08. The van der Waals surface area contributed by atoms with Gasteiger partial charge in [0.05, 0.1) is 19.0 Å². The number of aromatic nitrogens is 2. The summed E-state index contributed by atoms with van der Waals surface area (Å²) >= 11 is 0. The van der Waals surface area contributed by atoms with Gasteiger partial charge in [-0.05, 0) is 24.3 Å². The molecule has 0 fully saturated rings. The van der Waals surface area contributed by atoms with Crippen LogP contribution in [0.15, 0.2) is 78.2 Å². The molecule has 0 unspecified atom stereocenters. The molecule has 0 spiro atoms. The van der Waals surface area contributed by atoms with Gasteiger partial charge in [-0.3, -0.25) is 4.98 Å². The van der Waals surface area contributed by atoms with Crippen LogP contribution >= 0.6 is 0 Å². The first kappa shape index (κ1) is 13.9. The molecule has 3 aromatic rings. The third-order valence-corrected chi connectivity index (χ3v) is 3.19. The Morgan fingerprint density at radius 1 is 0.909 bits per heavy atom. The Hall–Kier alpha value is -3.01. The molecule has 108 valence electrons. The van der Waals surface area contributed by atoms with E-state index in [0.717, 1.165) is 22.6 Å². The molecule has 0 N–H and O–H groups in total. The van der Waals surface area contributed by atoms with E-state index < -0.39 is 0 Å². The van der Waals surface area contributed by atoms with Crippen LogP contribution in [0.3, 0.4) is 0 Å². The molecule has 0 aliphatic rings. The number of rotatable bonds is 4. The number of hydrogen-bond donors (Lipinski definition) is 0. The molecule has 0 saturated heterocycles. The van der Waals surface area contributed by atoms with Crippen molar-refractivity contribution in [3.05, 3.63) is 84.3 Å². The molecular formula is C18H15N3O. The number of benzene rings is 2. The van der Waals surface area contributed by atoms with Crippen LogP contribution in [0.4, 0.5) is 5.82 Å². The summed E-state index contributed by atoms with van der Waals surface area (Å²) in [5, 5.41) is 0. The van der Waals surface area contributed by atoms with Crippen molar-refractivity contribution in [3.8, 4) is 5.75 Å². The van der Waals surface area contributed by atoms with Crippen LogP contribution in [0.5, 0.6) is 5.75 Å². The van der Waals surface area contributed by atoms with Crippen molar-refractivity contribution < 1.29 is 4.74 Å². The van der Waals surface area contributed by atoms with E-state index >= 15 is 0 Å². The molecule has 1 aromatic heterocycles. The van der Waals surface area contributed by atoms with Crippen LogP contribution in [0, 0.1) is 0 Å². The van der Waals surface area contributed by atoms with E-state index in [2.05, 4.69) is 15.0 Å². The number of nitrogens with zero attached hydrogens (tertiary/aromatic N) is 3. The Bertz CT molecular complexity index is 753. The second kappa shape index (κ2) is 6.63. The average Bonchev–Trinajstić information content (AvgIpc) is 2.61. The molecule has 22 heavy (non-hydrogen) atoms. The third kappa shape index (κ3) is 3.17. The van der Waals surface area contributed by atoms with Gasteiger partial charge in [-0.25, -0.2) is 9.98 Å². The summed E-state index contributed by atoms with van der Waals surface area (Å²) in [5.74, 6) is 1.40. The first-order chi connectivity index (χ1) is 10.9. The molecule has 3 rings (SSSR count). The number of aliphatic imine (C=N–C) groups is 1. The number of ether oxygens (including phenoxy) is 1. The van der Waals surface area contributed by atoms with Gasteiger partial charge in [0.25, 0.3) is 0 Å². The summed E-state index contributed by atoms with van der Waals surface area (Å²) < 4.78 is 5.21. The SMILES string of the molecule is COc1ccc(C(=Nc2cnccn2)c2ccccc2)cc1. The molecule has 0 radical (unpaired) electrons. The van der Waals surface area contributed by atoms with E-state index in [1.165, 1.54) is 0 Å². The van der Waals surface area contributed by atoms with E-state index in [1.54, 1.807) is 25.7 Å². The number of methoxy groups -OCH3 is 1. The van der Waals surface area contributed by atoms with Crippen LogP contribution in [0.25, 0.3) is 0 Å². The second-order valence-electron chi connectivity index (χ2n) is 4.62. The van der Waals surface area contributed by atoms with E-state index in [9.17, 15) is 0 Å². The minimum Gasteiger partial charge on any atom is -0.497 e. The van der Waals surface area contributed by atoms with Crippen LogP contribution < -0.4 is 4.74 Å². The van der Waals surface area contributed by atoms with Crippen LogP contribution in [0.2, 0.25) is 0 Å². The smallest absolute Gasteiger partial charge is 0.171 e. The highest BCUT2D eigenvalue weighted by atomic mass is 16.5. The predicted molar refractivity (Wildman–Crippen MR) is 86.8 cm³/mol. The lowest BCUT2D eigenvalue weighted by Crippen LogP contribution is -2.03. The molecule has 4 heteroatoms. The van der Waals surface area contributed by atoms with Crippen LogP contribution in [-0.2, 0) is 0 Å². The third-order valence-electron chi connectivity index (χ3n) is 3.19. The zero-order chi connectivity index (χ0) is 15.2. The largest absolute Gasteiger partial charge is 0.497 e. The maximum atomic E-state index is 5.21. The summed E-state index contributed by atoms with van der Waals surface area (Å²) in [6, 6.07) is 17.8. The fraction of sp³-hybridized carbons (Fsp3) is 0.0556. The van der Waals surface area contributed by atoms with Gasteiger partial charge in [-0.2, -0.15) is 0 Å². The van der Waals surface area contributed by atoms with Gasteiger partial charge >= 0.3 is 0 Å². The summed E-state index contributed by atoms with van der Waals surface area (Å²) in [7, 11) is 1.65. The van der Waals surface area contributed by atoms with Gasteiger partial charge in [0.15, 0.2) is 5.82 Å². The molecular weight excluding hydrogens is 274 g/mol. The Morgan fingerprint density at radius 2 is 1.64 bits per heavy atom. The lowest BCUT2D eigenvalue weighted by molar-refractivity contribution is 0.415. The standard InChI is InChI=1S/C18H15N3O/c1-22-16-9-7-15(8-10-16)18(14-5-3-2-4-6-14)21-17-13-19-11-12-20-17/h2-13H,1H3. The lowest BCUT2D eigenvalue weighted by atomic mass is 10.0. The van der Waals surface area contributed by atoms with Gasteiger partial charge in [0, 0.05) is 23.5 Å². The molecule has 0 saturated carbocycles. The Labute approximate surface area is 129 Å². The first-order valence-electron chi connectivity index (χ1n) is 6.91. The maximum absolute atomic E-state index is 5.21. The average molecular weight is 289 g/mol. The monoisotopic (exact) mass is 289 g/mol. The highest BCUT2D eigenvalue weighted by Gasteiger charge is 2.08. The minimum atomic E-state index is 0.581. The molecule has 2 aromatic carbocycles. The van der Waals surface area contributed by atoms with Gasteiger partial charge in [0.1, 0.15) is 5.75 Å². The van der Waals surface area contributed by atoms with E-state index in [4.69, 9.17) is 4.74 Å². The van der Waals surface area contributed by atoms with Crippen molar-refractivity contribution in [1.82, 2.24) is 9.97 Å². The molecule has 1 heterocycles. The molecule has 0 amide bonds. The minimum absolute atomic E-state index is 0.581. The molecule has 0 bridgehead atoms. The molecule has 0 atom stereocenters. The second-order valence-corrected chi connectivity index (χ2v) is 4.62. The van der Waals surface area contributed by atoms with E-state index in [1.807, 2.05) is 54.6 Å². The molecule has 4 nitrogen and oxygen atoms in total. The van der Waals surface area contributed by atoms with Gasteiger partial charge in [-0.1, -0.05) is 30.3 Å². The Kier molecular flexibility index (Phi) is 4.20. The Balaban J connectivity index is 2.08. The number of hydrogen-bond acceptors (Lipinski definition) is 4. The Morgan fingerprint density at radius 3 is 2.27 bits per heavy atom. The normalized spacial score (nSPS) is 11.2. The van der Waals surface area contributed by atoms with Crippen molar-refractivity contribution in [1.29, 1.82) is 0 Å². The summed E-state index contributed by atoms with van der Waals surface area (Å²) in [6.45, 7) is 0. The van der Waals surface area contributed by atoms with Gasteiger partial charge < -0.3 is 4.74 Å². The highest BCUT2D eigenvalue weighted by Crippen LogP contribution is 2.18. The van der Waals surface area contributed by atoms with Crippen molar-refractivity contribution in [2.45, 2.75) is 0 Å². The zero-order valence-electron chi connectivity index (χ0n) is 12.2. The quantitative estimate of drug-likeness (QED) is 0.689. The van der Waals surface area contributed by atoms with Crippen molar-refractivity contribution >= 4 is 11.5 Å². The van der Waals surface area contributed by atoms with Crippen LogP contribution in [-0.4, -0.2) is 22.8 Å². The predicted octanol–water partition coefficient (Wildman–Crippen LogP) is 3.65. The summed E-state index contributed by atoms with van der Waals surface area (Å²) in [4.78, 5) is 12.9.